The van der Waals surface area contributed by atoms with Crippen LogP contribution >= 0.6 is 0 Å². The number of nitrogens with zero attached hydrogens (tertiary/aromatic N) is 4. The van der Waals surface area contributed by atoms with Crippen LogP contribution in [0.5, 0.6) is 11.6 Å². The van der Waals surface area contributed by atoms with E-state index < -0.39 is 6.09 Å². The fourth-order valence-corrected chi connectivity index (χ4v) is 4.24. The monoisotopic (exact) mass is 517 g/mol. The number of piperidine rings is 1. The number of ether oxygens (including phenoxy) is 1. The largest absolute Gasteiger partial charge is 0.465 e. The van der Waals surface area contributed by atoms with E-state index in [2.05, 4.69) is 32.1 Å². The van der Waals surface area contributed by atoms with Gasteiger partial charge in [0.05, 0.1) is 6.20 Å². The zero-order valence-corrected chi connectivity index (χ0v) is 21.1. The number of benzene rings is 2. The maximum absolute atomic E-state index is 13.0. The summed E-state index contributed by atoms with van der Waals surface area (Å²) >= 11 is 0. The summed E-state index contributed by atoms with van der Waals surface area (Å²) in [7, 11) is 0. The van der Waals surface area contributed by atoms with E-state index in [4.69, 9.17) is 20.4 Å². The molecular formula is C27H31N7O4. The van der Waals surface area contributed by atoms with Crippen LogP contribution in [0.25, 0.3) is 5.65 Å². The van der Waals surface area contributed by atoms with Crippen molar-refractivity contribution in [3.63, 3.8) is 0 Å². The van der Waals surface area contributed by atoms with Gasteiger partial charge in [0.15, 0.2) is 5.65 Å². The van der Waals surface area contributed by atoms with Crippen molar-refractivity contribution >= 4 is 29.2 Å². The van der Waals surface area contributed by atoms with Crippen molar-refractivity contribution in [1.82, 2.24) is 19.5 Å². The smallest absolute Gasteiger partial charge is 0.402 e. The molecule has 38 heavy (non-hydrogen) atoms. The molecule has 0 unspecified atom stereocenters. The molecule has 0 atom stereocenters. The summed E-state index contributed by atoms with van der Waals surface area (Å²) in [6, 6.07) is 16.9. The van der Waals surface area contributed by atoms with Gasteiger partial charge >= 0.3 is 6.09 Å². The van der Waals surface area contributed by atoms with E-state index in [1.165, 1.54) is 19.3 Å². The zero-order valence-electron chi connectivity index (χ0n) is 21.1. The SMILES string of the molecule is Cc1ccc(Oc2ccc3nc(N)cn3n2)cc1NC(=O)c1cccc(CN2CCCCC2)c1.NC(=O)O. The minimum Gasteiger partial charge on any atom is -0.465 e. The second-order valence-electron chi connectivity index (χ2n) is 9.05. The summed E-state index contributed by atoms with van der Waals surface area (Å²) in [5, 5.41) is 14.6. The number of amides is 2. The van der Waals surface area contributed by atoms with Crippen LogP contribution < -0.4 is 21.5 Å². The van der Waals surface area contributed by atoms with Crippen LogP contribution in [0.2, 0.25) is 0 Å². The number of fused-ring (bicyclic) bond motifs is 1. The van der Waals surface area contributed by atoms with E-state index >= 15 is 0 Å². The maximum atomic E-state index is 13.0. The number of hydrogen-bond acceptors (Lipinski definition) is 7. The first kappa shape index (κ1) is 26.4. The molecule has 6 N–H and O–H groups in total. The van der Waals surface area contributed by atoms with Gasteiger partial charge in [-0.2, -0.15) is 0 Å². The average Bonchev–Trinajstić information content (AvgIpc) is 3.26. The Labute approximate surface area is 220 Å². The third-order valence-electron chi connectivity index (χ3n) is 6.04. The van der Waals surface area contributed by atoms with Crippen molar-refractivity contribution in [2.24, 2.45) is 5.73 Å². The van der Waals surface area contributed by atoms with Gasteiger partial charge in [-0.05, 0) is 68.2 Å². The molecule has 0 radical (unpaired) electrons. The van der Waals surface area contributed by atoms with Crippen molar-refractivity contribution < 1.29 is 19.4 Å². The molecule has 1 aliphatic rings. The molecule has 2 aromatic carbocycles. The van der Waals surface area contributed by atoms with E-state index in [0.29, 0.717) is 34.3 Å². The molecule has 198 valence electrons. The first-order valence-corrected chi connectivity index (χ1v) is 12.3. The third-order valence-corrected chi connectivity index (χ3v) is 6.04. The Balaban J connectivity index is 0.000000786. The van der Waals surface area contributed by atoms with E-state index in [0.717, 1.165) is 30.8 Å². The summed E-state index contributed by atoms with van der Waals surface area (Å²) < 4.78 is 7.49. The van der Waals surface area contributed by atoms with Crippen LogP contribution in [0, 0.1) is 6.92 Å². The van der Waals surface area contributed by atoms with Gasteiger partial charge in [0.1, 0.15) is 11.6 Å². The summed E-state index contributed by atoms with van der Waals surface area (Å²) in [5.74, 6) is 1.22. The number of imidazole rings is 1. The fourth-order valence-electron chi connectivity index (χ4n) is 4.24. The van der Waals surface area contributed by atoms with Crippen LogP contribution in [-0.4, -0.2) is 49.7 Å². The van der Waals surface area contributed by atoms with Crippen LogP contribution in [-0.2, 0) is 6.54 Å². The number of nitrogens with one attached hydrogen (secondary N) is 1. The highest BCUT2D eigenvalue weighted by Crippen LogP contribution is 2.26. The van der Waals surface area contributed by atoms with Crippen molar-refractivity contribution in [3.05, 3.63) is 77.5 Å². The number of rotatable bonds is 6. The lowest BCUT2D eigenvalue weighted by atomic mass is 10.1. The highest BCUT2D eigenvalue weighted by atomic mass is 16.5. The van der Waals surface area contributed by atoms with Crippen LogP contribution in [0.3, 0.4) is 0 Å². The van der Waals surface area contributed by atoms with Gasteiger partial charge in [0.2, 0.25) is 5.88 Å². The number of aryl methyl sites for hydroxylation is 1. The molecule has 1 aliphatic heterocycles. The molecule has 1 fully saturated rings. The standard InChI is InChI=1S/C26H28N6O2.CH3NO2/c1-18-8-9-21(34-25-11-10-24-29-23(27)17-32(24)30-25)15-22(18)28-26(33)20-7-5-6-19(14-20)16-31-12-3-2-4-13-31;2-1(3)4/h5-11,14-15,17H,2-4,12-13,16,27H2,1H3,(H,28,33);2H2,(H,3,4). The minimum atomic E-state index is -1.33. The number of likely N-dealkylation sites (tertiary alicyclic amines) is 1. The molecule has 2 aromatic heterocycles. The number of carbonyl (C=O) groups is 2. The van der Waals surface area contributed by atoms with Gasteiger partial charge in [0.25, 0.3) is 5.91 Å². The van der Waals surface area contributed by atoms with E-state index in [9.17, 15) is 4.79 Å². The Morgan fingerprint density at radius 3 is 2.61 bits per heavy atom. The number of carbonyl (C=O) groups excluding carboxylic acids is 1. The van der Waals surface area contributed by atoms with Gasteiger partial charge in [-0.1, -0.05) is 24.6 Å². The number of nitrogens with two attached hydrogens (primary N) is 2. The molecule has 0 bridgehead atoms. The van der Waals surface area contributed by atoms with E-state index in [1.54, 1.807) is 28.9 Å². The number of anilines is 2. The average molecular weight is 518 g/mol. The summed E-state index contributed by atoms with van der Waals surface area (Å²) in [4.78, 5) is 28.4. The summed E-state index contributed by atoms with van der Waals surface area (Å²) in [6.07, 6.45) is 4.10. The summed E-state index contributed by atoms with van der Waals surface area (Å²) in [6.45, 7) is 5.07. The molecule has 0 aliphatic carbocycles. The van der Waals surface area contributed by atoms with Crippen molar-refractivity contribution in [1.29, 1.82) is 0 Å². The molecule has 5 rings (SSSR count). The van der Waals surface area contributed by atoms with Crippen LogP contribution in [0.4, 0.5) is 16.3 Å². The normalized spacial score (nSPS) is 13.4. The molecule has 11 nitrogen and oxygen atoms in total. The molecule has 0 saturated carbocycles. The number of hydrogen-bond donors (Lipinski definition) is 4. The molecular weight excluding hydrogens is 486 g/mol. The Morgan fingerprint density at radius 2 is 1.84 bits per heavy atom. The fraction of sp³-hybridized carbons (Fsp3) is 0.259. The highest BCUT2D eigenvalue weighted by Gasteiger charge is 2.13. The van der Waals surface area contributed by atoms with E-state index in [1.807, 2.05) is 37.3 Å². The third kappa shape index (κ3) is 7.20. The van der Waals surface area contributed by atoms with Crippen molar-refractivity contribution in [2.45, 2.75) is 32.7 Å². The maximum Gasteiger partial charge on any atom is 0.402 e. The quantitative estimate of drug-likeness (QED) is 0.295. The van der Waals surface area contributed by atoms with Gasteiger partial charge < -0.3 is 26.6 Å². The number of carboxylic acid groups (broad SMARTS) is 1. The van der Waals surface area contributed by atoms with Crippen molar-refractivity contribution in [2.75, 3.05) is 24.1 Å². The van der Waals surface area contributed by atoms with Crippen LogP contribution in [0.15, 0.2) is 60.8 Å². The van der Waals surface area contributed by atoms with Crippen LogP contribution in [0.1, 0.15) is 40.7 Å². The topological polar surface area (TPSA) is 161 Å². The molecule has 0 spiro atoms. The van der Waals surface area contributed by atoms with Crippen molar-refractivity contribution in [3.8, 4) is 11.6 Å². The Bertz CT molecular complexity index is 1430. The van der Waals surface area contributed by atoms with Gasteiger partial charge in [-0.3, -0.25) is 9.69 Å². The molecule has 2 amide bonds. The Kier molecular flexibility index (Phi) is 8.39. The molecule has 4 aromatic rings. The van der Waals surface area contributed by atoms with Gasteiger partial charge in [0, 0.05) is 29.9 Å². The highest BCUT2D eigenvalue weighted by molar-refractivity contribution is 6.04. The predicted octanol–water partition coefficient (Wildman–Crippen LogP) is 4.27. The Morgan fingerprint density at radius 1 is 1.08 bits per heavy atom. The molecule has 3 heterocycles. The van der Waals surface area contributed by atoms with Gasteiger partial charge in [-0.15, -0.1) is 5.10 Å². The second kappa shape index (κ2) is 12.1. The first-order valence-electron chi connectivity index (χ1n) is 12.3. The van der Waals surface area contributed by atoms with E-state index in [-0.39, 0.29) is 5.91 Å². The second-order valence-corrected chi connectivity index (χ2v) is 9.05. The zero-order chi connectivity index (χ0) is 27.1. The predicted molar refractivity (Wildman–Crippen MR) is 144 cm³/mol. The lowest BCUT2D eigenvalue weighted by Gasteiger charge is -2.26. The minimum absolute atomic E-state index is 0.144. The number of nitrogen functional groups attached to an aromatic ring is 1. The van der Waals surface area contributed by atoms with Gasteiger partial charge in [-0.25, -0.2) is 14.3 Å². The summed E-state index contributed by atoms with van der Waals surface area (Å²) in [5.41, 5.74) is 13.8. The molecule has 11 heteroatoms. The first-order chi connectivity index (χ1) is 18.3. The number of primary amides is 1. The number of aromatic nitrogens is 3. The Hall–Kier alpha value is -4.64. The lowest BCUT2D eigenvalue weighted by molar-refractivity contribution is 0.102. The molecule has 1 saturated heterocycles. The lowest BCUT2D eigenvalue weighted by Crippen LogP contribution is -2.29.